The topological polar surface area (TPSA) is 104 Å². The number of allylic oxidation sites excluding steroid dienone is 1. The van der Waals surface area contributed by atoms with Gasteiger partial charge in [-0.1, -0.05) is 66.7 Å². The molecule has 2 heterocycles. The van der Waals surface area contributed by atoms with Crippen LogP contribution in [-0.4, -0.2) is 35.2 Å². The number of pyridine rings is 1. The minimum absolute atomic E-state index is 0.164. The number of nitrogens with one attached hydrogen (secondary N) is 1. The van der Waals surface area contributed by atoms with E-state index < -0.39 is 17.5 Å². The highest BCUT2D eigenvalue weighted by Gasteiger charge is 2.48. The van der Waals surface area contributed by atoms with Crippen LogP contribution < -0.4 is 10.1 Å². The molecule has 38 heavy (non-hydrogen) atoms. The highest BCUT2D eigenvalue weighted by molar-refractivity contribution is 5.93. The van der Waals surface area contributed by atoms with Crippen LogP contribution in [0.5, 0.6) is 5.75 Å². The van der Waals surface area contributed by atoms with Crippen molar-refractivity contribution in [1.82, 2.24) is 15.3 Å². The average molecular weight is 512 g/mol. The molecule has 0 aliphatic heterocycles. The lowest BCUT2D eigenvalue weighted by molar-refractivity contribution is -0.143. The molecule has 0 spiro atoms. The van der Waals surface area contributed by atoms with Gasteiger partial charge in [0.25, 0.3) is 0 Å². The summed E-state index contributed by atoms with van der Waals surface area (Å²) >= 11 is 0. The van der Waals surface area contributed by atoms with Gasteiger partial charge in [0.2, 0.25) is 5.89 Å². The molecule has 2 aromatic heterocycles. The number of aromatic nitrogens is 2. The van der Waals surface area contributed by atoms with Crippen molar-refractivity contribution in [1.29, 1.82) is 0 Å². The Labute approximate surface area is 221 Å². The van der Waals surface area contributed by atoms with Crippen LogP contribution >= 0.6 is 0 Å². The molecule has 2 aromatic carbocycles. The molecule has 0 fully saturated rings. The fourth-order valence-corrected chi connectivity index (χ4v) is 4.06. The predicted molar refractivity (Wildman–Crippen MR) is 142 cm³/mol. The fourth-order valence-electron chi connectivity index (χ4n) is 4.06. The maximum atomic E-state index is 13.7. The van der Waals surface area contributed by atoms with Gasteiger partial charge in [-0.2, -0.15) is 0 Å². The summed E-state index contributed by atoms with van der Waals surface area (Å²) < 4.78 is 16.5. The van der Waals surface area contributed by atoms with Crippen molar-refractivity contribution in [3.63, 3.8) is 0 Å². The van der Waals surface area contributed by atoms with E-state index in [1.54, 1.807) is 12.4 Å². The fraction of sp³-hybridized carbons (Fsp3) is 0.200. The number of hydrogen-bond acceptors (Lipinski definition) is 7. The molecule has 0 aliphatic carbocycles. The Morgan fingerprint density at radius 3 is 2.47 bits per heavy atom. The second kappa shape index (κ2) is 13.5. The van der Waals surface area contributed by atoms with Crippen LogP contribution in [0.4, 0.5) is 4.79 Å². The summed E-state index contributed by atoms with van der Waals surface area (Å²) in [4.78, 5) is 34.7. The lowest BCUT2D eigenvalue weighted by atomic mass is 9.76. The van der Waals surface area contributed by atoms with E-state index in [0.29, 0.717) is 30.6 Å². The van der Waals surface area contributed by atoms with E-state index in [0.717, 1.165) is 5.56 Å². The molecule has 0 radical (unpaired) electrons. The number of carbonyl (C=O) groups is 2. The number of esters is 1. The zero-order valence-electron chi connectivity index (χ0n) is 20.9. The SMILES string of the molecule is O=C(NCCOc1ccccc1)OC(=O)C(CCCC=Cc1cccnc1)(c1ccccc1)c1ncco1. The highest BCUT2D eigenvalue weighted by atomic mass is 16.6. The standard InChI is InChI=1S/C30H29N3O5/c34-28(38-29(35)33-20-21-36-26-15-7-2-8-16-26)30(27-32-19-22-37-27,25-13-5-1-6-14-25)17-9-3-4-11-24-12-10-18-31-23-24/h1-2,4-8,10-16,18-19,22-23H,3,9,17,20-21H2,(H,33,35). The van der Waals surface area contributed by atoms with E-state index in [-0.39, 0.29) is 19.0 Å². The van der Waals surface area contributed by atoms with Gasteiger partial charge in [-0.3, -0.25) is 4.98 Å². The van der Waals surface area contributed by atoms with Crippen molar-refractivity contribution in [3.05, 3.63) is 121 Å². The van der Waals surface area contributed by atoms with Gasteiger partial charge in [0.1, 0.15) is 18.6 Å². The van der Waals surface area contributed by atoms with Crippen LogP contribution in [0.3, 0.4) is 0 Å². The van der Waals surface area contributed by atoms with Crippen LogP contribution in [0.1, 0.15) is 36.3 Å². The number of unbranched alkanes of at least 4 members (excludes halogenated alkanes) is 1. The van der Waals surface area contributed by atoms with Gasteiger partial charge in [-0.05, 0) is 48.6 Å². The summed E-state index contributed by atoms with van der Waals surface area (Å²) in [5.74, 6) is 0.0947. The third-order valence-electron chi connectivity index (χ3n) is 5.90. The van der Waals surface area contributed by atoms with Crippen molar-refractivity contribution >= 4 is 18.1 Å². The summed E-state index contributed by atoms with van der Waals surface area (Å²) in [6.45, 7) is 0.387. The van der Waals surface area contributed by atoms with Crippen molar-refractivity contribution < 1.29 is 23.5 Å². The first-order valence-electron chi connectivity index (χ1n) is 12.4. The van der Waals surface area contributed by atoms with E-state index in [1.165, 1.54) is 12.5 Å². The van der Waals surface area contributed by atoms with Gasteiger partial charge in [-0.15, -0.1) is 0 Å². The van der Waals surface area contributed by atoms with E-state index in [4.69, 9.17) is 13.9 Å². The molecule has 1 atom stereocenters. The lowest BCUT2D eigenvalue weighted by Gasteiger charge is -2.28. The van der Waals surface area contributed by atoms with E-state index in [9.17, 15) is 9.59 Å². The zero-order chi connectivity index (χ0) is 26.5. The third kappa shape index (κ3) is 6.94. The molecule has 8 nitrogen and oxygen atoms in total. The Balaban J connectivity index is 1.45. The molecule has 1 amide bonds. The van der Waals surface area contributed by atoms with Crippen LogP contribution in [0.25, 0.3) is 6.08 Å². The van der Waals surface area contributed by atoms with Gasteiger partial charge >= 0.3 is 12.1 Å². The van der Waals surface area contributed by atoms with Crippen LogP contribution in [0.2, 0.25) is 0 Å². The lowest BCUT2D eigenvalue weighted by Crippen LogP contribution is -2.42. The van der Waals surface area contributed by atoms with E-state index in [1.807, 2.05) is 84.9 Å². The number of alkyl carbamates (subject to hydrolysis) is 1. The van der Waals surface area contributed by atoms with Gasteiger partial charge in [0, 0.05) is 12.4 Å². The minimum atomic E-state index is -1.40. The molecular formula is C30H29N3O5. The summed E-state index contributed by atoms with van der Waals surface area (Å²) in [5.41, 5.74) is 0.218. The first-order valence-corrected chi connectivity index (χ1v) is 12.4. The molecular weight excluding hydrogens is 482 g/mol. The number of hydrogen-bond donors (Lipinski definition) is 1. The highest BCUT2D eigenvalue weighted by Crippen LogP contribution is 2.38. The first-order chi connectivity index (χ1) is 18.7. The summed E-state index contributed by atoms with van der Waals surface area (Å²) in [7, 11) is 0. The maximum absolute atomic E-state index is 13.7. The normalized spacial score (nSPS) is 12.5. The summed E-state index contributed by atoms with van der Waals surface area (Å²) in [6.07, 6.45) is 11.1. The molecule has 0 saturated carbocycles. The van der Waals surface area contributed by atoms with Gasteiger partial charge in [0.05, 0.1) is 12.7 Å². The number of carbonyl (C=O) groups excluding carboxylic acids is 2. The Bertz CT molecular complexity index is 1300. The number of amides is 1. The molecule has 0 saturated heterocycles. The van der Waals surface area contributed by atoms with Crippen molar-refractivity contribution in [2.24, 2.45) is 0 Å². The van der Waals surface area contributed by atoms with E-state index >= 15 is 0 Å². The molecule has 194 valence electrons. The third-order valence-corrected chi connectivity index (χ3v) is 5.90. The van der Waals surface area contributed by atoms with Crippen molar-refractivity contribution in [2.75, 3.05) is 13.2 Å². The second-order valence-corrected chi connectivity index (χ2v) is 8.45. The number of para-hydroxylation sites is 1. The van der Waals surface area contributed by atoms with Crippen molar-refractivity contribution in [2.45, 2.75) is 24.7 Å². The Morgan fingerprint density at radius 2 is 1.76 bits per heavy atom. The number of nitrogens with zero attached hydrogens (tertiary/aromatic N) is 2. The molecule has 0 aliphatic rings. The van der Waals surface area contributed by atoms with Gasteiger partial charge in [0.15, 0.2) is 5.41 Å². The average Bonchev–Trinajstić information content (AvgIpc) is 3.50. The predicted octanol–water partition coefficient (Wildman–Crippen LogP) is 5.57. The monoisotopic (exact) mass is 511 g/mol. The largest absolute Gasteiger partial charge is 0.492 e. The minimum Gasteiger partial charge on any atom is -0.492 e. The first kappa shape index (κ1) is 26.3. The molecule has 4 aromatic rings. The van der Waals surface area contributed by atoms with Crippen LogP contribution in [-0.2, 0) is 14.9 Å². The quantitative estimate of drug-likeness (QED) is 0.151. The molecule has 1 N–H and O–H groups in total. The summed E-state index contributed by atoms with van der Waals surface area (Å²) in [6, 6.07) is 22.2. The second-order valence-electron chi connectivity index (χ2n) is 8.45. The molecule has 1 unspecified atom stereocenters. The van der Waals surface area contributed by atoms with Crippen LogP contribution in [0.15, 0.2) is 108 Å². The molecule has 4 rings (SSSR count). The molecule has 0 bridgehead atoms. The number of rotatable bonds is 12. The Morgan fingerprint density at radius 1 is 0.974 bits per heavy atom. The van der Waals surface area contributed by atoms with Crippen LogP contribution in [0, 0.1) is 0 Å². The summed E-state index contributed by atoms with van der Waals surface area (Å²) in [5, 5.41) is 2.57. The zero-order valence-corrected chi connectivity index (χ0v) is 20.9. The number of benzene rings is 2. The smallest absolute Gasteiger partial charge is 0.415 e. The van der Waals surface area contributed by atoms with Gasteiger partial charge in [-0.25, -0.2) is 14.6 Å². The van der Waals surface area contributed by atoms with Crippen molar-refractivity contribution in [3.8, 4) is 5.75 Å². The van der Waals surface area contributed by atoms with Gasteiger partial charge < -0.3 is 19.2 Å². The number of ether oxygens (including phenoxy) is 2. The maximum Gasteiger partial charge on any atom is 0.415 e. The Hall–Kier alpha value is -4.72. The number of oxazole rings is 1. The Kier molecular flexibility index (Phi) is 9.39. The van der Waals surface area contributed by atoms with E-state index in [2.05, 4.69) is 15.3 Å². The molecule has 8 heteroatoms.